The second-order valence-electron chi connectivity index (χ2n) is 6.34. The summed E-state index contributed by atoms with van der Waals surface area (Å²) >= 11 is 17.9. The van der Waals surface area contributed by atoms with Crippen molar-refractivity contribution in [2.24, 2.45) is 5.92 Å². The molecule has 2 rings (SSSR count). The SMILES string of the molecule is O=C(O)C(=O)Oc1c(Cl)cc(Cl)c(Cl)c1C(=O)OCCCC1CCCCC1. The third-order valence-corrected chi connectivity index (χ3v) is 5.48. The summed E-state index contributed by atoms with van der Waals surface area (Å²) in [5, 5.41) is 8.18. The van der Waals surface area contributed by atoms with Gasteiger partial charge in [0.1, 0.15) is 5.56 Å². The van der Waals surface area contributed by atoms with Crippen LogP contribution in [0.3, 0.4) is 0 Å². The number of carboxylic acid groups (broad SMARTS) is 1. The first-order valence-electron chi connectivity index (χ1n) is 8.61. The summed E-state index contributed by atoms with van der Waals surface area (Å²) in [6.07, 6.45) is 7.78. The highest BCUT2D eigenvalue weighted by Crippen LogP contribution is 2.40. The number of carbonyl (C=O) groups excluding carboxylic acids is 2. The van der Waals surface area contributed by atoms with E-state index in [0.717, 1.165) is 12.5 Å². The number of carbonyl (C=O) groups is 3. The number of ether oxygens (including phenoxy) is 2. The van der Waals surface area contributed by atoms with Gasteiger partial charge in [0.15, 0.2) is 5.75 Å². The fourth-order valence-corrected chi connectivity index (χ4v) is 3.80. The number of halogens is 3. The lowest BCUT2D eigenvalue weighted by molar-refractivity contribution is -0.158. The van der Waals surface area contributed by atoms with E-state index in [9.17, 15) is 14.4 Å². The molecule has 0 saturated heterocycles. The highest BCUT2D eigenvalue weighted by Gasteiger charge is 2.27. The fraction of sp³-hybridized carbons (Fsp3) is 0.500. The largest absolute Gasteiger partial charge is 0.473 e. The predicted octanol–water partition coefficient (Wildman–Crippen LogP) is 5.15. The van der Waals surface area contributed by atoms with E-state index in [0.29, 0.717) is 12.3 Å². The monoisotopic (exact) mass is 436 g/mol. The maximum absolute atomic E-state index is 12.4. The first-order chi connectivity index (χ1) is 12.8. The number of benzene rings is 1. The van der Waals surface area contributed by atoms with Crippen molar-refractivity contribution in [1.29, 1.82) is 0 Å². The van der Waals surface area contributed by atoms with Crippen molar-refractivity contribution < 1.29 is 29.0 Å². The van der Waals surface area contributed by atoms with Gasteiger partial charge < -0.3 is 14.6 Å². The van der Waals surface area contributed by atoms with Crippen molar-refractivity contribution in [3.05, 3.63) is 26.7 Å². The van der Waals surface area contributed by atoms with E-state index in [4.69, 9.17) is 44.6 Å². The van der Waals surface area contributed by atoms with Gasteiger partial charge in [-0.1, -0.05) is 66.9 Å². The zero-order valence-electron chi connectivity index (χ0n) is 14.4. The second kappa shape index (κ2) is 10.2. The molecule has 0 amide bonds. The van der Waals surface area contributed by atoms with Crippen LogP contribution < -0.4 is 4.74 Å². The van der Waals surface area contributed by atoms with E-state index < -0.39 is 23.7 Å². The van der Waals surface area contributed by atoms with E-state index in [-0.39, 0.29) is 27.2 Å². The Bertz CT molecular complexity index is 728. The van der Waals surface area contributed by atoms with Gasteiger partial charge in [-0.15, -0.1) is 0 Å². The number of rotatable bonds is 6. The van der Waals surface area contributed by atoms with Gasteiger partial charge in [-0.25, -0.2) is 14.4 Å². The molecular weight excluding hydrogens is 419 g/mol. The van der Waals surface area contributed by atoms with Crippen LogP contribution >= 0.6 is 34.8 Å². The number of aliphatic carboxylic acids is 1. The quantitative estimate of drug-likeness (QED) is 0.217. The Kier molecular flexibility index (Phi) is 8.20. The van der Waals surface area contributed by atoms with E-state index in [1.165, 1.54) is 32.1 Å². The number of esters is 2. The summed E-state index contributed by atoms with van der Waals surface area (Å²) in [5.41, 5.74) is -0.374. The Morgan fingerprint density at radius 2 is 1.74 bits per heavy atom. The molecule has 0 spiro atoms. The average Bonchev–Trinajstić information content (AvgIpc) is 2.64. The smallest absolute Gasteiger partial charge is 0.422 e. The van der Waals surface area contributed by atoms with Gasteiger partial charge in [-0.3, -0.25) is 0 Å². The van der Waals surface area contributed by atoms with Crippen molar-refractivity contribution in [1.82, 2.24) is 0 Å². The van der Waals surface area contributed by atoms with Gasteiger partial charge in [0.05, 0.1) is 21.7 Å². The number of hydrogen-bond donors (Lipinski definition) is 1. The molecule has 0 heterocycles. The molecule has 1 aromatic carbocycles. The lowest BCUT2D eigenvalue weighted by Gasteiger charge is -2.21. The van der Waals surface area contributed by atoms with Crippen molar-refractivity contribution in [2.75, 3.05) is 6.61 Å². The Hall–Kier alpha value is -1.50. The van der Waals surface area contributed by atoms with Crippen LogP contribution in [0.15, 0.2) is 6.07 Å². The van der Waals surface area contributed by atoms with Crippen molar-refractivity contribution in [3.63, 3.8) is 0 Å². The van der Waals surface area contributed by atoms with Crippen LogP contribution in [-0.2, 0) is 14.3 Å². The standard InChI is InChI=1S/C18H19Cl3O6/c19-11-9-12(20)15(27-18(25)16(22)23)13(14(11)21)17(24)26-8-4-7-10-5-2-1-3-6-10/h9-10H,1-8H2,(H,22,23). The van der Waals surface area contributed by atoms with Crippen LogP contribution in [0, 0.1) is 5.92 Å². The molecule has 0 aromatic heterocycles. The normalized spacial score (nSPS) is 14.6. The summed E-state index contributed by atoms with van der Waals surface area (Å²) in [6.45, 7) is 0.155. The highest BCUT2D eigenvalue weighted by molar-refractivity contribution is 6.46. The average molecular weight is 438 g/mol. The fourth-order valence-electron chi connectivity index (χ4n) is 3.08. The van der Waals surface area contributed by atoms with Crippen LogP contribution in [0.25, 0.3) is 0 Å². The van der Waals surface area contributed by atoms with Crippen molar-refractivity contribution in [3.8, 4) is 5.75 Å². The molecule has 1 aliphatic carbocycles. The molecule has 0 radical (unpaired) electrons. The molecule has 6 nitrogen and oxygen atoms in total. The molecule has 148 valence electrons. The minimum absolute atomic E-state index is 0.0500. The summed E-state index contributed by atoms with van der Waals surface area (Å²) in [4.78, 5) is 34.5. The topological polar surface area (TPSA) is 89.9 Å². The van der Waals surface area contributed by atoms with Gasteiger partial charge in [0, 0.05) is 0 Å². The Morgan fingerprint density at radius 3 is 2.37 bits per heavy atom. The molecule has 1 fully saturated rings. The first-order valence-corrected chi connectivity index (χ1v) is 9.74. The van der Waals surface area contributed by atoms with Gasteiger partial charge in [-0.2, -0.15) is 0 Å². The molecule has 1 N–H and O–H groups in total. The van der Waals surface area contributed by atoms with E-state index in [2.05, 4.69) is 4.74 Å². The summed E-state index contributed by atoms with van der Waals surface area (Å²) in [6, 6.07) is 1.15. The van der Waals surface area contributed by atoms with E-state index in [1.54, 1.807) is 0 Å². The molecule has 0 unspecified atom stereocenters. The maximum atomic E-state index is 12.4. The molecule has 1 aromatic rings. The number of carboxylic acids is 1. The molecular formula is C18H19Cl3O6. The van der Waals surface area contributed by atoms with Crippen LogP contribution in [-0.4, -0.2) is 29.6 Å². The Labute approximate surface area is 171 Å². The van der Waals surface area contributed by atoms with E-state index in [1.807, 2.05) is 0 Å². The highest BCUT2D eigenvalue weighted by atomic mass is 35.5. The predicted molar refractivity (Wildman–Crippen MR) is 101 cm³/mol. The molecule has 0 bridgehead atoms. The summed E-state index contributed by atoms with van der Waals surface area (Å²) in [7, 11) is 0. The van der Waals surface area contributed by atoms with Gasteiger partial charge in [0.2, 0.25) is 0 Å². The molecule has 1 aliphatic rings. The van der Waals surface area contributed by atoms with Gasteiger partial charge in [0.25, 0.3) is 0 Å². The Balaban J connectivity index is 2.06. The summed E-state index contributed by atoms with van der Waals surface area (Å²) < 4.78 is 9.90. The lowest BCUT2D eigenvalue weighted by Crippen LogP contribution is -2.21. The maximum Gasteiger partial charge on any atom is 0.422 e. The van der Waals surface area contributed by atoms with Crippen molar-refractivity contribution in [2.45, 2.75) is 44.9 Å². The van der Waals surface area contributed by atoms with Crippen LogP contribution in [0.5, 0.6) is 5.75 Å². The van der Waals surface area contributed by atoms with E-state index >= 15 is 0 Å². The molecule has 1 saturated carbocycles. The lowest BCUT2D eigenvalue weighted by atomic mass is 9.86. The van der Waals surface area contributed by atoms with Crippen LogP contribution in [0.2, 0.25) is 15.1 Å². The van der Waals surface area contributed by atoms with Crippen molar-refractivity contribution >= 4 is 52.7 Å². The molecule has 0 aliphatic heterocycles. The molecule has 9 heteroatoms. The summed E-state index contributed by atoms with van der Waals surface area (Å²) in [5.74, 6) is -4.18. The number of hydrogen-bond acceptors (Lipinski definition) is 5. The third kappa shape index (κ3) is 5.99. The van der Waals surface area contributed by atoms with Gasteiger partial charge >= 0.3 is 17.9 Å². The zero-order chi connectivity index (χ0) is 20.0. The zero-order valence-corrected chi connectivity index (χ0v) is 16.7. The molecule has 0 atom stereocenters. The van der Waals surface area contributed by atoms with Crippen LogP contribution in [0.1, 0.15) is 55.3 Å². The first kappa shape index (κ1) is 21.8. The Morgan fingerprint density at radius 1 is 1.07 bits per heavy atom. The minimum Gasteiger partial charge on any atom is -0.473 e. The van der Waals surface area contributed by atoms with Gasteiger partial charge in [-0.05, 0) is 24.8 Å². The third-order valence-electron chi connectivity index (χ3n) is 4.41. The second-order valence-corrected chi connectivity index (χ2v) is 7.53. The molecule has 27 heavy (non-hydrogen) atoms. The minimum atomic E-state index is -1.84. The van der Waals surface area contributed by atoms with Crippen LogP contribution in [0.4, 0.5) is 0 Å².